The first kappa shape index (κ1) is 16.4. The van der Waals surface area contributed by atoms with Gasteiger partial charge in [0, 0.05) is 25.2 Å². The number of hydrogen-bond acceptors (Lipinski definition) is 5. The molecule has 3 rings (SSSR count). The van der Waals surface area contributed by atoms with Crippen LogP contribution in [0.25, 0.3) is 0 Å². The van der Waals surface area contributed by atoms with Crippen LogP contribution >= 0.6 is 0 Å². The molecule has 0 atom stereocenters. The second-order valence-corrected chi connectivity index (χ2v) is 6.72. The van der Waals surface area contributed by atoms with Gasteiger partial charge in [-0.15, -0.1) is 0 Å². The number of rotatable bonds is 5. The lowest BCUT2D eigenvalue weighted by molar-refractivity contribution is 0.192. The topological polar surface area (TPSA) is 43.0 Å². The van der Waals surface area contributed by atoms with Gasteiger partial charge in [-0.2, -0.15) is 0 Å². The molecule has 2 aliphatic rings. The fourth-order valence-corrected chi connectivity index (χ4v) is 3.99. The summed E-state index contributed by atoms with van der Waals surface area (Å²) >= 11 is 0. The van der Waals surface area contributed by atoms with Crippen LogP contribution in [0.4, 0.5) is 0 Å². The van der Waals surface area contributed by atoms with Crippen molar-refractivity contribution in [3.63, 3.8) is 0 Å². The van der Waals surface area contributed by atoms with Crippen molar-refractivity contribution >= 4 is 0 Å². The summed E-state index contributed by atoms with van der Waals surface area (Å²) in [5, 5.41) is 3.48. The molecule has 5 nitrogen and oxygen atoms in total. The molecule has 0 radical (unpaired) electrons. The highest BCUT2D eigenvalue weighted by Gasteiger charge is 2.39. The van der Waals surface area contributed by atoms with Gasteiger partial charge in [0.15, 0.2) is 0 Å². The molecule has 0 saturated carbocycles. The molecule has 0 bridgehead atoms. The average molecular weight is 320 g/mol. The zero-order valence-electron chi connectivity index (χ0n) is 14.5. The van der Waals surface area contributed by atoms with E-state index < -0.39 is 0 Å². The lowest BCUT2D eigenvalue weighted by atomic mass is 9.78. The quantitative estimate of drug-likeness (QED) is 0.902. The number of nitrogens with one attached hydrogen (secondary N) is 1. The van der Waals surface area contributed by atoms with E-state index in [1.807, 2.05) is 12.1 Å². The Labute approximate surface area is 138 Å². The van der Waals surface area contributed by atoms with Crippen molar-refractivity contribution in [2.75, 3.05) is 47.5 Å². The van der Waals surface area contributed by atoms with Crippen LogP contribution < -0.4 is 19.5 Å². The van der Waals surface area contributed by atoms with E-state index in [0.717, 1.165) is 49.0 Å². The van der Waals surface area contributed by atoms with E-state index in [1.165, 1.54) is 25.8 Å². The molecule has 0 aliphatic carbocycles. The maximum absolute atomic E-state index is 5.58. The van der Waals surface area contributed by atoms with Crippen molar-refractivity contribution in [3.8, 4) is 17.2 Å². The third-order valence-corrected chi connectivity index (χ3v) is 5.38. The Kier molecular flexibility index (Phi) is 4.97. The maximum Gasteiger partial charge on any atom is 0.130 e. The fraction of sp³-hybridized carbons (Fsp3) is 0.667. The van der Waals surface area contributed by atoms with E-state index in [2.05, 4.69) is 10.2 Å². The predicted molar refractivity (Wildman–Crippen MR) is 90.5 cm³/mol. The highest BCUT2D eigenvalue weighted by atomic mass is 16.5. The highest BCUT2D eigenvalue weighted by Crippen LogP contribution is 2.41. The molecule has 2 heterocycles. The summed E-state index contributed by atoms with van der Waals surface area (Å²) in [5.41, 5.74) is 1.62. The summed E-state index contributed by atoms with van der Waals surface area (Å²) in [6.07, 6.45) is 3.89. The van der Waals surface area contributed by atoms with Gasteiger partial charge in [-0.1, -0.05) is 0 Å². The lowest BCUT2D eigenvalue weighted by Gasteiger charge is -2.34. The average Bonchev–Trinajstić information content (AvgIpc) is 2.97. The Morgan fingerprint density at radius 3 is 2.22 bits per heavy atom. The van der Waals surface area contributed by atoms with Gasteiger partial charge < -0.3 is 19.5 Å². The van der Waals surface area contributed by atoms with E-state index in [4.69, 9.17) is 14.2 Å². The molecule has 2 fully saturated rings. The molecular formula is C18H28N2O3. The molecule has 5 heteroatoms. The van der Waals surface area contributed by atoms with Crippen molar-refractivity contribution in [1.82, 2.24) is 10.2 Å². The van der Waals surface area contributed by atoms with E-state index in [9.17, 15) is 0 Å². The fourth-order valence-electron chi connectivity index (χ4n) is 3.99. The minimum atomic E-state index is 0.512. The molecular weight excluding hydrogens is 292 g/mol. The molecule has 23 heavy (non-hydrogen) atoms. The van der Waals surface area contributed by atoms with Crippen LogP contribution in [0.1, 0.15) is 24.8 Å². The van der Waals surface area contributed by atoms with Gasteiger partial charge in [0.1, 0.15) is 17.2 Å². The molecule has 0 amide bonds. The molecule has 1 N–H and O–H groups in total. The van der Waals surface area contributed by atoms with Crippen LogP contribution in [0.15, 0.2) is 12.1 Å². The molecule has 1 spiro atoms. The second-order valence-electron chi connectivity index (χ2n) is 6.72. The number of piperidine rings is 1. The summed E-state index contributed by atoms with van der Waals surface area (Å²) in [7, 11) is 5.07. The Hall–Kier alpha value is -1.46. The summed E-state index contributed by atoms with van der Waals surface area (Å²) < 4.78 is 16.5. The van der Waals surface area contributed by atoms with E-state index in [1.54, 1.807) is 21.3 Å². The summed E-state index contributed by atoms with van der Waals surface area (Å²) in [6, 6.07) is 3.88. The van der Waals surface area contributed by atoms with Crippen LogP contribution in [0.5, 0.6) is 17.2 Å². The van der Waals surface area contributed by atoms with Crippen molar-refractivity contribution in [3.05, 3.63) is 17.7 Å². The number of nitrogens with zero attached hydrogens (tertiary/aromatic N) is 1. The zero-order valence-corrected chi connectivity index (χ0v) is 14.5. The van der Waals surface area contributed by atoms with Crippen LogP contribution in [-0.4, -0.2) is 52.4 Å². The summed E-state index contributed by atoms with van der Waals surface area (Å²) in [4.78, 5) is 2.54. The monoisotopic (exact) mass is 320 g/mol. The standard InChI is InChI=1S/C18H28N2O3/c1-21-14-10-16(22-2)15(17(11-14)23-3)12-20-9-6-18(13-20)4-7-19-8-5-18/h10-11,19H,4-9,12-13H2,1-3H3. The third kappa shape index (κ3) is 3.40. The predicted octanol–water partition coefficient (Wildman–Crippen LogP) is 2.29. The van der Waals surface area contributed by atoms with E-state index in [0.29, 0.717) is 5.41 Å². The summed E-state index contributed by atoms with van der Waals surface area (Å²) in [6.45, 7) is 5.50. The first-order chi connectivity index (χ1) is 11.2. The molecule has 1 aromatic rings. The molecule has 2 saturated heterocycles. The Balaban J connectivity index is 1.77. The number of ether oxygens (including phenoxy) is 3. The maximum atomic E-state index is 5.58. The van der Waals surface area contributed by atoms with Crippen molar-refractivity contribution in [2.24, 2.45) is 5.41 Å². The van der Waals surface area contributed by atoms with Crippen LogP contribution in [-0.2, 0) is 6.54 Å². The minimum Gasteiger partial charge on any atom is -0.496 e. The Morgan fingerprint density at radius 1 is 1.00 bits per heavy atom. The largest absolute Gasteiger partial charge is 0.496 e. The minimum absolute atomic E-state index is 0.512. The van der Waals surface area contributed by atoms with Crippen LogP contribution in [0.2, 0.25) is 0 Å². The molecule has 128 valence electrons. The SMILES string of the molecule is COc1cc(OC)c(CN2CCC3(CCNCC3)C2)c(OC)c1. The third-order valence-electron chi connectivity index (χ3n) is 5.38. The van der Waals surface area contributed by atoms with Crippen molar-refractivity contribution in [1.29, 1.82) is 0 Å². The lowest BCUT2D eigenvalue weighted by Crippen LogP contribution is -2.38. The molecule has 1 aromatic carbocycles. The smallest absolute Gasteiger partial charge is 0.130 e. The number of methoxy groups -OCH3 is 3. The Bertz CT molecular complexity index is 516. The first-order valence-corrected chi connectivity index (χ1v) is 8.42. The molecule has 0 aromatic heterocycles. The number of likely N-dealkylation sites (tertiary alicyclic amines) is 1. The van der Waals surface area contributed by atoms with Gasteiger partial charge in [0.25, 0.3) is 0 Å². The molecule has 2 aliphatic heterocycles. The van der Waals surface area contributed by atoms with Crippen molar-refractivity contribution < 1.29 is 14.2 Å². The van der Waals surface area contributed by atoms with Gasteiger partial charge >= 0.3 is 0 Å². The molecule has 0 unspecified atom stereocenters. The van der Waals surface area contributed by atoms with Gasteiger partial charge in [-0.3, -0.25) is 4.90 Å². The van der Waals surface area contributed by atoms with Gasteiger partial charge in [-0.05, 0) is 44.3 Å². The summed E-state index contributed by atoms with van der Waals surface area (Å²) in [5.74, 6) is 2.44. The van der Waals surface area contributed by atoms with Crippen LogP contribution in [0, 0.1) is 5.41 Å². The zero-order chi connectivity index (χ0) is 16.3. The highest BCUT2D eigenvalue weighted by molar-refractivity contribution is 5.50. The van der Waals surface area contributed by atoms with E-state index in [-0.39, 0.29) is 0 Å². The van der Waals surface area contributed by atoms with Gasteiger partial charge in [0.05, 0.1) is 26.9 Å². The van der Waals surface area contributed by atoms with Gasteiger partial charge in [-0.25, -0.2) is 0 Å². The van der Waals surface area contributed by atoms with E-state index >= 15 is 0 Å². The Morgan fingerprint density at radius 2 is 1.65 bits per heavy atom. The number of hydrogen-bond donors (Lipinski definition) is 1. The van der Waals surface area contributed by atoms with Crippen molar-refractivity contribution in [2.45, 2.75) is 25.8 Å². The second kappa shape index (κ2) is 6.97. The first-order valence-electron chi connectivity index (χ1n) is 8.42. The van der Waals surface area contributed by atoms with Crippen LogP contribution in [0.3, 0.4) is 0 Å². The normalized spacial score (nSPS) is 20.7. The number of benzene rings is 1. The van der Waals surface area contributed by atoms with Gasteiger partial charge in [0.2, 0.25) is 0 Å².